The molecule has 8 aromatic carbocycles. The molecule has 10 aromatic rings. The van der Waals surface area contributed by atoms with Gasteiger partial charge in [0.25, 0.3) is 0 Å². The van der Waals surface area contributed by atoms with Gasteiger partial charge in [0.05, 0.1) is 17.1 Å². The molecule has 0 saturated heterocycles. The lowest BCUT2D eigenvalue weighted by Gasteiger charge is -2.16. The van der Waals surface area contributed by atoms with Gasteiger partial charge in [0.1, 0.15) is 0 Å². The summed E-state index contributed by atoms with van der Waals surface area (Å²) in [5.74, 6) is 1.86. The molecule has 0 fully saturated rings. The second-order valence-electron chi connectivity index (χ2n) is 13.8. The molecule has 0 N–H and O–H groups in total. The predicted octanol–water partition coefficient (Wildman–Crippen LogP) is 12.6. The lowest BCUT2D eigenvalue weighted by molar-refractivity contribution is 1.07. The van der Waals surface area contributed by atoms with Crippen LogP contribution in [0.25, 0.3) is 100.0 Å². The van der Waals surface area contributed by atoms with E-state index in [1.54, 1.807) is 0 Å². The highest BCUT2D eigenvalue weighted by Gasteiger charge is 2.17. The third-order valence-corrected chi connectivity index (χ3v) is 10.4. The second-order valence-corrected chi connectivity index (χ2v) is 13.8. The number of nitrogens with zero attached hydrogens (tertiary/aromatic N) is 5. The molecule has 0 radical (unpaired) electrons. The Bertz CT molecular complexity index is 3070. The fourth-order valence-electron chi connectivity index (χ4n) is 7.66. The van der Waals surface area contributed by atoms with Gasteiger partial charge in [0.2, 0.25) is 0 Å². The van der Waals surface area contributed by atoms with Crippen LogP contribution < -0.4 is 0 Å². The first kappa shape index (κ1) is 32.8. The Morgan fingerprint density at radius 1 is 0.339 bits per heavy atom. The van der Waals surface area contributed by atoms with Crippen molar-refractivity contribution in [3.63, 3.8) is 0 Å². The van der Waals surface area contributed by atoms with Crippen LogP contribution in [0.1, 0.15) is 5.56 Å². The van der Waals surface area contributed by atoms with Crippen molar-refractivity contribution < 1.29 is 0 Å². The van der Waals surface area contributed by atoms with Gasteiger partial charge in [-0.1, -0.05) is 146 Å². The molecule has 260 valence electrons. The molecule has 0 aliphatic rings. The molecule has 0 saturated carbocycles. The Hall–Kier alpha value is -7.81. The molecule has 0 atom stereocenters. The minimum atomic E-state index is 0.608. The molecule has 0 bridgehead atoms. The number of benzene rings is 8. The third kappa shape index (κ3) is 5.92. The summed E-state index contributed by atoms with van der Waals surface area (Å²) >= 11 is 0. The van der Waals surface area contributed by atoms with E-state index < -0.39 is 0 Å². The molecule has 0 aliphatic carbocycles. The Morgan fingerprint density at radius 2 is 0.875 bits per heavy atom. The molecule has 56 heavy (non-hydrogen) atoms. The van der Waals surface area contributed by atoms with Gasteiger partial charge in [0.15, 0.2) is 17.5 Å². The van der Waals surface area contributed by atoms with Crippen LogP contribution in [0.5, 0.6) is 0 Å². The minimum absolute atomic E-state index is 0.608. The fourth-order valence-corrected chi connectivity index (χ4v) is 7.66. The SMILES string of the molecule is N#Cc1cccc(-c2ccc(-c3cc4c5cccnc5c(-c5cccc(-c6nc(-c7ccccc7)nc(-c7ccccc7)n6)c5)cc4c4ccccc34)cc2)c1. The molecule has 5 nitrogen and oxygen atoms in total. The van der Waals surface area contributed by atoms with Gasteiger partial charge in [-0.15, -0.1) is 0 Å². The van der Waals surface area contributed by atoms with Crippen molar-refractivity contribution in [1.82, 2.24) is 19.9 Å². The lowest BCUT2D eigenvalue weighted by Crippen LogP contribution is -2.00. The second kappa shape index (κ2) is 13.9. The lowest BCUT2D eigenvalue weighted by atomic mass is 9.88. The standard InChI is InChI=1S/C51H31N5/c52-32-33-12-9-17-38(28-33)34-23-25-35(26-24-34)44-30-47-43-22-11-27-53-48(43)45(31-46(47)42-21-8-7-20-41(42)44)39-18-10-19-40(29-39)51-55-49(36-13-3-1-4-14-36)54-50(56-51)37-15-5-2-6-16-37/h1-31H. The minimum Gasteiger partial charge on any atom is -0.256 e. The molecule has 0 aliphatic heterocycles. The van der Waals surface area contributed by atoms with E-state index in [1.165, 1.54) is 10.8 Å². The summed E-state index contributed by atoms with van der Waals surface area (Å²) < 4.78 is 0. The molecule has 2 aromatic heterocycles. The molecular formula is C51H31N5. The number of fused-ring (bicyclic) bond motifs is 5. The van der Waals surface area contributed by atoms with Crippen LogP contribution in [-0.2, 0) is 0 Å². The summed E-state index contributed by atoms with van der Waals surface area (Å²) in [5.41, 5.74) is 10.8. The Kier molecular flexibility index (Phi) is 8.13. The Morgan fingerprint density at radius 3 is 1.59 bits per heavy atom. The van der Waals surface area contributed by atoms with Crippen LogP contribution in [0.4, 0.5) is 0 Å². The van der Waals surface area contributed by atoms with Crippen molar-refractivity contribution in [3.8, 4) is 73.6 Å². The Labute approximate surface area is 323 Å². The number of rotatable bonds is 6. The topological polar surface area (TPSA) is 75.3 Å². The van der Waals surface area contributed by atoms with E-state index in [0.29, 0.717) is 23.0 Å². The zero-order valence-corrected chi connectivity index (χ0v) is 30.1. The van der Waals surface area contributed by atoms with E-state index >= 15 is 0 Å². The van der Waals surface area contributed by atoms with E-state index in [1.807, 2.05) is 97.2 Å². The van der Waals surface area contributed by atoms with Crippen molar-refractivity contribution in [1.29, 1.82) is 5.26 Å². The van der Waals surface area contributed by atoms with Gasteiger partial charge >= 0.3 is 0 Å². The van der Waals surface area contributed by atoms with E-state index in [0.717, 1.165) is 71.7 Å². The van der Waals surface area contributed by atoms with E-state index in [2.05, 4.69) is 97.1 Å². The van der Waals surface area contributed by atoms with E-state index in [9.17, 15) is 5.26 Å². The van der Waals surface area contributed by atoms with Gasteiger partial charge in [-0.2, -0.15) is 5.26 Å². The summed E-state index contributed by atoms with van der Waals surface area (Å²) in [6, 6.07) is 64.6. The summed E-state index contributed by atoms with van der Waals surface area (Å²) in [4.78, 5) is 19.9. The van der Waals surface area contributed by atoms with Gasteiger partial charge < -0.3 is 0 Å². The van der Waals surface area contributed by atoms with E-state index in [-0.39, 0.29) is 0 Å². The quantitative estimate of drug-likeness (QED) is 0.160. The summed E-state index contributed by atoms with van der Waals surface area (Å²) in [5, 5.41) is 15.2. The zero-order chi connectivity index (χ0) is 37.4. The normalized spacial score (nSPS) is 11.2. The van der Waals surface area contributed by atoms with Crippen molar-refractivity contribution in [2.75, 3.05) is 0 Å². The highest BCUT2D eigenvalue weighted by Crippen LogP contribution is 2.42. The smallest absolute Gasteiger partial charge is 0.164 e. The van der Waals surface area contributed by atoms with Crippen LogP contribution in [0.3, 0.4) is 0 Å². The largest absolute Gasteiger partial charge is 0.256 e. The maximum Gasteiger partial charge on any atom is 0.164 e. The predicted molar refractivity (Wildman–Crippen MR) is 227 cm³/mol. The molecule has 0 amide bonds. The number of nitriles is 1. The first-order valence-corrected chi connectivity index (χ1v) is 18.5. The third-order valence-electron chi connectivity index (χ3n) is 10.4. The van der Waals surface area contributed by atoms with Crippen molar-refractivity contribution in [2.45, 2.75) is 0 Å². The molecule has 10 rings (SSSR count). The van der Waals surface area contributed by atoms with Gasteiger partial charge in [-0.25, -0.2) is 15.0 Å². The highest BCUT2D eigenvalue weighted by molar-refractivity contribution is 6.23. The summed E-state index contributed by atoms with van der Waals surface area (Å²) in [6.45, 7) is 0. The average Bonchev–Trinajstić information content (AvgIpc) is 3.29. The monoisotopic (exact) mass is 713 g/mol. The summed E-state index contributed by atoms with van der Waals surface area (Å²) in [6.07, 6.45) is 1.87. The van der Waals surface area contributed by atoms with Crippen molar-refractivity contribution in [2.24, 2.45) is 0 Å². The molecule has 0 spiro atoms. The molecule has 0 unspecified atom stereocenters. The number of hydrogen-bond donors (Lipinski definition) is 0. The average molecular weight is 714 g/mol. The number of pyridine rings is 1. The van der Waals surface area contributed by atoms with Crippen LogP contribution in [0.15, 0.2) is 188 Å². The first-order valence-electron chi connectivity index (χ1n) is 18.5. The van der Waals surface area contributed by atoms with Crippen LogP contribution >= 0.6 is 0 Å². The fraction of sp³-hybridized carbons (Fsp3) is 0. The van der Waals surface area contributed by atoms with Gasteiger partial charge in [-0.3, -0.25) is 4.98 Å². The molecular weight excluding hydrogens is 683 g/mol. The van der Waals surface area contributed by atoms with Crippen LogP contribution in [-0.4, -0.2) is 19.9 Å². The number of hydrogen-bond acceptors (Lipinski definition) is 5. The van der Waals surface area contributed by atoms with E-state index in [4.69, 9.17) is 19.9 Å². The highest BCUT2D eigenvalue weighted by atomic mass is 15.0. The van der Waals surface area contributed by atoms with Crippen LogP contribution in [0, 0.1) is 11.3 Å². The van der Waals surface area contributed by atoms with Crippen molar-refractivity contribution >= 4 is 32.4 Å². The molecule has 5 heteroatoms. The van der Waals surface area contributed by atoms with Gasteiger partial charge in [-0.05, 0) is 85.8 Å². The maximum atomic E-state index is 9.43. The van der Waals surface area contributed by atoms with Crippen molar-refractivity contribution in [3.05, 3.63) is 194 Å². The first-order chi connectivity index (χ1) is 27.7. The maximum absolute atomic E-state index is 9.43. The van der Waals surface area contributed by atoms with Crippen LogP contribution in [0.2, 0.25) is 0 Å². The summed E-state index contributed by atoms with van der Waals surface area (Å²) in [7, 11) is 0. The number of aromatic nitrogens is 4. The molecule has 2 heterocycles. The zero-order valence-electron chi connectivity index (χ0n) is 30.1. The Balaban J connectivity index is 1.13. The van der Waals surface area contributed by atoms with Gasteiger partial charge in [0, 0.05) is 33.8 Å².